The molecule has 5 rings (SSSR count). The summed E-state index contributed by atoms with van der Waals surface area (Å²) >= 11 is 2.90. The Morgan fingerprint density at radius 1 is 1.26 bits per heavy atom. The van der Waals surface area contributed by atoms with Crippen LogP contribution in [0.4, 0.5) is 11.5 Å². The summed E-state index contributed by atoms with van der Waals surface area (Å²) in [6.45, 7) is 4.49. The fourth-order valence-corrected chi connectivity index (χ4v) is 6.76. The topological polar surface area (TPSA) is 129 Å². The van der Waals surface area contributed by atoms with E-state index in [2.05, 4.69) is 21.3 Å². The molecule has 182 valence electrons. The van der Waals surface area contributed by atoms with Gasteiger partial charge in [0.1, 0.15) is 15.5 Å². The molecule has 0 aromatic carbocycles. The highest BCUT2D eigenvalue weighted by molar-refractivity contribution is 7.29. The molecule has 3 unspecified atom stereocenters. The number of fused-ring (bicyclic) bond motifs is 2. The van der Waals surface area contributed by atoms with Gasteiger partial charge in [-0.15, -0.1) is 22.7 Å². The van der Waals surface area contributed by atoms with E-state index in [0.29, 0.717) is 23.8 Å². The number of hydrogen-bond donors (Lipinski definition) is 3. The molecule has 0 radical (unpaired) electrons. The number of carbonyl (C=O) groups is 1. The number of thiophene rings is 1. The van der Waals surface area contributed by atoms with Crippen LogP contribution in [0.5, 0.6) is 0 Å². The fraction of sp³-hybridized carbons (Fsp3) is 0.522. The predicted molar refractivity (Wildman–Crippen MR) is 136 cm³/mol. The molecule has 2 aliphatic rings. The van der Waals surface area contributed by atoms with Gasteiger partial charge in [-0.05, 0) is 37.8 Å². The van der Waals surface area contributed by atoms with Crippen molar-refractivity contribution in [1.29, 1.82) is 0 Å². The summed E-state index contributed by atoms with van der Waals surface area (Å²) in [5, 5.41) is 4.13. The number of aryl methyl sites for hydroxylation is 2. The summed E-state index contributed by atoms with van der Waals surface area (Å²) in [5.41, 5.74) is 15.3. The number of rotatable bonds is 7. The molecule has 3 atom stereocenters. The number of nitrogens with two attached hydrogens (primary N) is 2. The van der Waals surface area contributed by atoms with Gasteiger partial charge >= 0.3 is 0 Å². The number of aromatic nitrogens is 2. The zero-order valence-electron chi connectivity index (χ0n) is 19.4. The summed E-state index contributed by atoms with van der Waals surface area (Å²) in [6.07, 6.45) is 2.39. The van der Waals surface area contributed by atoms with Crippen molar-refractivity contribution in [3.63, 3.8) is 0 Å². The highest BCUT2D eigenvalue weighted by Crippen LogP contribution is 2.37. The van der Waals surface area contributed by atoms with Crippen molar-refractivity contribution in [3.8, 4) is 0 Å². The Bertz CT molecular complexity index is 1200. The standard InChI is InChI=1S/C23H30N6O3S2/c1-12-26-23-21(33-12)19(25)20(34-23)22(30)27-14-4-5-16-13(9-14)3-6-18(28-16)29-10-15(24)17(11-29)32-8-7-31-2/h3,6,14-15,17H,4-5,7-11,24-25H2,1-2H3,(H,27,30). The van der Waals surface area contributed by atoms with Gasteiger partial charge in [-0.3, -0.25) is 4.79 Å². The Hall–Kier alpha value is -2.31. The van der Waals surface area contributed by atoms with Gasteiger partial charge in [0.2, 0.25) is 0 Å². The molecular weight excluding hydrogens is 472 g/mol. The maximum Gasteiger partial charge on any atom is 0.263 e. The van der Waals surface area contributed by atoms with Gasteiger partial charge in [-0.1, -0.05) is 6.07 Å². The fourth-order valence-electron chi connectivity index (χ4n) is 4.67. The minimum absolute atomic E-state index is 0.0216. The number of nitrogens with zero attached hydrogens (tertiary/aromatic N) is 3. The summed E-state index contributed by atoms with van der Waals surface area (Å²) in [4.78, 5) is 25.9. The summed E-state index contributed by atoms with van der Waals surface area (Å²) in [6, 6.07) is 4.18. The first-order valence-corrected chi connectivity index (χ1v) is 13.1. The molecule has 0 spiro atoms. The van der Waals surface area contributed by atoms with Crippen molar-refractivity contribution in [1.82, 2.24) is 15.3 Å². The molecule has 3 aromatic heterocycles. The van der Waals surface area contributed by atoms with Crippen LogP contribution in [0.1, 0.15) is 32.4 Å². The van der Waals surface area contributed by atoms with Crippen molar-refractivity contribution in [3.05, 3.63) is 33.3 Å². The van der Waals surface area contributed by atoms with Crippen LogP contribution >= 0.6 is 22.7 Å². The van der Waals surface area contributed by atoms with Crippen molar-refractivity contribution in [2.75, 3.05) is 44.0 Å². The van der Waals surface area contributed by atoms with Crippen LogP contribution in [0, 0.1) is 6.92 Å². The third-order valence-corrected chi connectivity index (χ3v) is 8.67. The number of methoxy groups -OCH3 is 1. The monoisotopic (exact) mass is 502 g/mol. The zero-order valence-corrected chi connectivity index (χ0v) is 21.0. The Morgan fingerprint density at radius 2 is 2.12 bits per heavy atom. The molecule has 1 saturated heterocycles. The second kappa shape index (κ2) is 9.74. The van der Waals surface area contributed by atoms with E-state index >= 15 is 0 Å². The minimum Gasteiger partial charge on any atom is -0.396 e. The molecule has 5 N–H and O–H groups in total. The normalized spacial score (nSPS) is 22.3. The van der Waals surface area contributed by atoms with Crippen molar-refractivity contribution in [2.45, 2.75) is 44.4 Å². The van der Waals surface area contributed by atoms with Gasteiger partial charge in [-0.25, -0.2) is 9.97 Å². The van der Waals surface area contributed by atoms with E-state index in [-0.39, 0.29) is 24.1 Å². The molecule has 4 heterocycles. The Morgan fingerprint density at radius 3 is 2.91 bits per heavy atom. The highest BCUT2D eigenvalue weighted by atomic mass is 32.1. The van der Waals surface area contributed by atoms with E-state index < -0.39 is 0 Å². The van der Waals surface area contributed by atoms with Crippen LogP contribution in [0.2, 0.25) is 0 Å². The number of carbonyl (C=O) groups excluding carboxylic acids is 1. The van der Waals surface area contributed by atoms with E-state index in [1.807, 2.05) is 13.0 Å². The van der Waals surface area contributed by atoms with Crippen molar-refractivity contribution < 1.29 is 14.3 Å². The van der Waals surface area contributed by atoms with Crippen molar-refractivity contribution >= 4 is 49.6 Å². The first-order chi connectivity index (χ1) is 16.4. The lowest BCUT2D eigenvalue weighted by atomic mass is 9.91. The van der Waals surface area contributed by atoms with Gasteiger partial charge in [0.25, 0.3) is 5.91 Å². The molecule has 1 amide bonds. The lowest BCUT2D eigenvalue weighted by Gasteiger charge is -2.26. The predicted octanol–water partition coefficient (Wildman–Crippen LogP) is 2.11. The van der Waals surface area contributed by atoms with Crippen LogP contribution in [0.3, 0.4) is 0 Å². The quantitative estimate of drug-likeness (QED) is 0.419. The van der Waals surface area contributed by atoms with E-state index in [1.165, 1.54) is 28.2 Å². The smallest absolute Gasteiger partial charge is 0.263 e. The van der Waals surface area contributed by atoms with E-state index in [9.17, 15) is 4.79 Å². The second-order valence-electron chi connectivity index (χ2n) is 8.87. The number of anilines is 2. The van der Waals surface area contributed by atoms with Gasteiger partial charge in [0.15, 0.2) is 0 Å². The summed E-state index contributed by atoms with van der Waals surface area (Å²) < 4.78 is 11.8. The first kappa shape index (κ1) is 23.4. The van der Waals surface area contributed by atoms with Gasteiger partial charge in [0, 0.05) is 31.9 Å². The minimum atomic E-state index is -0.117. The lowest BCUT2D eigenvalue weighted by Crippen LogP contribution is -2.39. The van der Waals surface area contributed by atoms with Crippen LogP contribution in [0.25, 0.3) is 9.53 Å². The number of pyridine rings is 1. The average molecular weight is 503 g/mol. The molecule has 11 heteroatoms. The summed E-state index contributed by atoms with van der Waals surface area (Å²) in [7, 11) is 1.66. The van der Waals surface area contributed by atoms with Crippen LogP contribution in [-0.2, 0) is 22.3 Å². The maximum atomic E-state index is 12.9. The molecule has 34 heavy (non-hydrogen) atoms. The van der Waals surface area contributed by atoms with Gasteiger partial charge in [-0.2, -0.15) is 0 Å². The molecule has 1 aliphatic heterocycles. The average Bonchev–Trinajstić information content (AvgIpc) is 3.47. The van der Waals surface area contributed by atoms with E-state index in [0.717, 1.165) is 58.4 Å². The number of ether oxygens (including phenoxy) is 2. The van der Waals surface area contributed by atoms with E-state index in [1.54, 1.807) is 7.11 Å². The molecule has 0 saturated carbocycles. The Labute approximate surface area is 206 Å². The lowest BCUT2D eigenvalue weighted by molar-refractivity contribution is 0.0212. The maximum absolute atomic E-state index is 12.9. The number of amides is 1. The highest BCUT2D eigenvalue weighted by Gasteiger charge is 2.32. The molecule has 1 aliphatic carbocycles. The molecular formula is C23H30N6O3S2. The van der Waals surface area contributed by atoms with E-state index in [4.69, 9.17) is 25.9 Å². The number of nitrogens with one attached hydrogen (secondary N) is 1. The number of hydrogen-bond acceptors (Lipinski definition) is 10. The SMILES string of the molecule is COCCOC1CN(c2ccc3c(n2)CCC(NC(=O)c2sc4nc(C)sc4c2N)C3)CC1N. The number of thiazole rings is 1. The van der Waals surface area contributed by atoms with Gasteiger partial charge in [0.05, 0.1) is 40.8 Å². The third-order valence-electron chi connectivity index (χ3n) is 6.43. The Kier molecular flexibility index (Phi) is 6.72. The molecule has 3 aromatic rings. The van der Waals surface area contributed by atoms with Crippen LogP contribution < -0.4 is 21.7 Å². The second-order valence-corrected chi connectivity index (χ2v) is 11.1. The largest absolute Gasteiger partial charge is 0.396 e. The Balaban J connectivity index is 1.21. The zero-order chi connectivity index (χ0) is 23.8. The van der Waals surface area contributed by atoms with Crippen molar-refractivity contribution in [2.24, 2.45) is 5.73 Å². The van der Waals surface area contributed by atoms with Crippen LogP contribution in [-0.4, -0.2) is 67.5 Å². The van der Waals surface area contributed by atoms with Gasteiger partial charge < -0.3 is 31.2 Å². The first-order valence-electron chi connectivity index (χ1n) is 11.5. The molecule has 9 nitrogen and oxygen atoms in total. The molecule has 1 fully saturated rings. The third kappa shape index (κ3) is 4.63. The number of nitrogen functional groups attached to an aromatic ring is 1. The molecule has 0 bridgehead atoms. The van der Waals surface area contributed by atoms with Crippen LogP contribution in [0.15, 0.2) is 12.1 Å². The summed E-state index contributed by atoms with van der Waals surface area (Å²) in [5.74, 6) is 0.817.